The van der Waals surface area contributed by atoms with E-state index in [2.05, 4.69) is 27.6 Å². The van der Waals surface area contributed by atoms with Gasteiger partial charge < -0.3 is 9.47 Å². The third-order valence-corrected chi connectivity index (χ3v) is 5.46. The largest absolute Gasteiger partial charge is 0.423 e. The van der Waals surface area contributed by atoms with Gasteiger partial charge in [-0.2, -0.15) is 0 Å². The highest BCUT2D eigenvalue weighted by Gasteiger charge is 2.25. The summed E-state index contributed by atoms with van der Waals surface area (Å²) in [5.41, 5.74) is 2.97. The van der Waals surface area contributed by atoms with Crippen LogP contribution in [0.2, 0.25) is 5.02 Å². The maximum Gasteiger partial charge on any atom is 0.363 e. The second kappa shape index (κ2) is 9.03. The second-order valence-electron chi connectivity index (χ2n) is 6.78. The molecule has 0 aliphatic carbocycles. The van der Waals surface area contributed by atoms with Crippen LogP contribution in [0.3, 0.4) is 0 Å². The Morgan fingerprint density at radius 1 is 1.06 bits per heavy atom. The SMILES string of the molecule is Cc1ccc(C(=O)Oc2ccc(/C=C3\N=C(c4cc(I)ccc4Cl)OC3=O)cc2)cc1. The van der Waals surface area contributed by atoms with E-state index in [-0.39, 0.29) is 11.6 Å². The van der Waals surface area contributed by atoms with Gasteiger partial charge in [0.2, 0.25) is 5.90 Å². The summed E-state index contributed by atoms with van der Waals surface area (Å²) in [6, 6.07) is 19.3. The zero-order chi connectivity index (χ0) is 22.0. The molecule has 3 aromatic rings. The summed E-state index contributed by atoms with van der Waals surface area (Å²) in [6.07, 6.45) is 1.60. The van der Waals surface area contributed by atoms with Crippen LogP contribution in [0.15, 0.2) is 77.4 Å². The molecule has 0 bridgehead atoms. The lowest BCUT2D eigenvalue weighted by molar-refractivity contribution is -0.129. The van der Waals surface area contributed by atoms with Gasteiger partial charge in [-0.25, -0.2) is 14.6 Å². The molecule has 0 saturated heterocycles. The van der Waals surface area contributed by atoms with E-state index in [0.717, 1.165) is 9.13 Å². The summed E-state index contributed by atoms with van der Waals surface area (Å²) in [5, 5.41) is 0.452. The number of aliphatic imine (C=N–C) groups is 1. The minimum Gasteiger partial charge on any atom is -0.423 e. The normalized spacial score (nSPS) is 14.4. The zero-order valence-electron chi connectivity index (χ0n) is 16.3. The third kappa shape index (κ3) is 5.03. The van der Waals surface area contributed by atoms with Crippen LogP contribution in [0.5, 0.6) is 5.75 Å². The van der Waals surface area contributed by atoms with Gasteiger partial charge in [0.05, 0.1) is 16.1 Å². The van der Waals surface area contributed by atoms with E-state index in [1.54, 1.807) is 54.6 Å². The van der Waals surface area contributed by atoms with E-state index < -0.39 is 11.9 Å². The van der Waals surface area contributed by atoms with Crippen molar-refractivity contribution < 1.29 is 19.1 Å². The number of rotatable bonds is 4. The molecule has 1 heterocycles. The molecule has 1 aliphatic heterocycles. The van der Waals surface area contributed by atoms with Crippen LogP contribution in [0.1, 0.15) is 27.0 Å². The number of carbonyl (C=O) groups is 2. The quantitative estimate of drug-likeness (QED) is 0.180. The highest BCUT2D eigenvalue weighted by atomic mass is 127. The predicted molar refractivity (Wildman–Crippen MR) is 127 cm³/mol. The monoisotopic (exact) mass is 543 g/mol. The molecule has 0 saturated carbocycles. The topological polar surface area (TPSA) is 65.0 Å². The Hall–Kier alpha value is -2.97. The molecule has 3 aromatic carbocycles. The summed E-state index contributed by atoms with van der Waals surface area (Å²) < 4.78 is 11.6. The first-order valence-electron chi connectivity index (χ1n) is 9.26. The molecular formula is C24H15ClINO4. The van der Waals surface area contributed by atoms with Crippen molar-refractivity contribution in [3.63, 3.8) is 0 Å². The van der Waals surface area contributed by atoms with Crippen molar-refractivity contribution in [1.82, 2.24) is 0 Å². The lowest BCUT2D eigenvalue weighted by atomic mass is 10.1. The number of nitrogens with zero attached hydrogens (tertiary/aromatic N) is 1. The highest BCUT2D eigenvalue weighted by Crippen LogP contribution is 2.26. The molecule has 0 radical (unpaired) electrons. The van der Waals surface area contributed by atoms with Crippen LogP contribution in [-0.4, -0.2) is 17.8 Å². The van der Waals surface area contributed by atoms with Gasteiger partial charge in [0, 0.05) is 3.57 Å². The zero-order valence-corrected chi connectivity index (χ0v) is 19.2. The van der Waals surface area contributed by atoms with Crippen molar-refractivity contribution in [1.29, 1.82) is 0 Å². The third-order valence-electron chi connectivity index (χ3n) is 4.46. The first kappa shape index (κ1) is 21.3. The Labute approximate surface area is 197 Å². The molecule has 5 nitrogen and oxygen atoms in total. The maximum absolute atomic E-state index is 12.2. The Kier molecular flexibility index (Phi) is 6.20. The Bertz CT molecular complexity index is 1230. The number of aryl methyl sites for hydroxylation is 1. The number of esters is 2. The fourth-order valence-corrected chi connectivity index (χ4v) is 3.52. The van der Waals surface area contributed by atoms with E-state index in [0.29, 0.717) is 27.5 Å². The van der Waals surface area contributed by atoms with Gasteiger partial charge in [0.15, 0.2) is 5.70 Å². The summed E-state index contributed by atoms with van der Waals surface area (Å²) in [7, 11) is 0. The van der Waals surface area contributed by atoms with E-state index in [1.165, 1.54) is 0 Å². The lowest BCUT2D eigenvalue weighted by Gasteiger charge is -2.05. The maximum atomic E-state index is 12.2. The van der Waals surface area contributed by atoms with Crippen molar-refractivity contribution in [2.24, 2.45) is 4.99 Å². The average molecular weight is 544 g/mol. The van der Waals surface area contributed by atoms with Crippen molar-refractivity contribution in [2.75, 3.05) is 0 Å². The lowest BCUT2D eigenvalue weighted by Crippen LogP contribution is -2.08. The molecule has 0 amide bonds. The van der Waals surface area contributed by atoms with E-state index >= 15 is 0 Å². The molecule has 0 aromatic heterocycles. The minimum absolute atomic E-state index is 0.161. The number of hydrogen-bond acceptors (Lipinski definition) is 5. The molecule has 0 spiro atoms. The average Bonchev–Trinajstić information content (AvgIpc) is 3.11. The summed E-state index contributed by atoms with van der Waals surface area (Å²) in [5.74, 6) is -0.422. The molecule has 0 atom stereocenters. The van der Waals surface area contributed by atoms with Gasteiger partial charge in [-0.1, -0.05) is 41.4 Å². The van der Waals surface area contributed by atoms with Crippen molar-refractivity contribution in [2.45, 2.75) is 6.92 Å². The molecule has 4 rings (SSSR count). The smallest absolute Gasteiger partial charge is 0.363 e. The van der Waals surface area contributed by atoms with Gasteiger partial charge in [-0.05, 0) is 83.6 Å². The van der Waals surface area contributed by atoms with Gasteiger partial charge in [0.1, 0.15) is 5.75 Å². The Morgan fingerprint density at radius 3 is 2.48 bits per heavy atom. The van der Waals surface area contributed by atoms with Gasteiger partial charge in [-0.3, -0.25) is 0 Å². The number of ether oxygens (including phenoxy) is 2. The number of carbonyl (C=O) groups excluding carboxylic acids is 2. The first-order valence-corrected chi connectivity index (χ1v) is 10.7. The van der Waals surface area contributed by atoms with Crippen LogP contribution in [-0.2, 0) is 9.53 Å². The van der Waals surface area contributed by atoms with Crippen LogP contribution in [0.25, 0.3) is 6.08 Å². The fourth-order valence-electron chi connectivity index (χ4n) is 2.83. The number of benzene rings is 3. The predicted octanol–water partition coefficient (Wildman–Crippen LogP) is 5.82. The minimum atomic E-state index is -0.556. The highest BCUT2D eigenvalue weighted by molar-refractivity contribution is 14.1. The molecule has 0 N–H and O–H groups in total. The molecule has 0 fully saturated rings. The molecule has 0 unspecified atom stereocenters. The van der Waals surface area contributed by atoms with Crippen molar-refractivity contribution in [3.05, 3.63) is 103 Å². The Balaban J connectivity index is 1.50. The van der Waals surface area contributed by atoms with Gasteiger partial charge >= 0.3 is 11.9 Å². The molecule has 1 aliphatic rings. The van der Waals surface area contributed by atoms with Gasteiger partial charge in [0.25, 0.3) is 0 Å². The van der Waals surface area contributed by atoms with Crippen LogP contribution in [0.4, 0.5) is 0 Å². The molecular weight excluding hydrogens is 529 g/mol. The fraction of sp³-hybridized carbons (Fsp3) is 0.0417. The van der Waals surface area contributed by atoms with Crippen molar-refractivity contribution >= 4 is 58.1 Å². The van der Waals surface area contributed by atoms with Crippen LogP contribution < -0.4 is 4.74 Å². The second-order valence-corrected chi connectivity index (χ2v) is 8.44. The number of cyclic esters (lactones) is 1. The standard InChI is InChI=1S/C24H15ClINO4/c1-14-2-6-16(7-3-14)23(28)30-18-9-4-15(5-10-18)12-21-24(29)31-22(27-21)19-13-17(26)8-11-20(19)25/h2-13H,1H3/b21-12-. The van der Waals surface area contributed by atoms with E-state index in [4.69, 9.17) is 21.1 Å². The summed E-state index contributed by atoms with van der Waals surface area (Å²) in [4.78, 5) is 28.7. The van der Waals surface area contributed by atoms with Gasteiger partial charge in [-0.15, -0.1) is 0 Å². The first-order chi connectivity index (χ1) is 14.9. The molecule has 31 heavy (non-hydrogen) atoms. The Morgan fingerprint density at radius 2 is 1.77 bits per heavy atom. The van der Waals surface area contributed by atoms with E-state index in [9.17, 15) is 9.59 Å². The summed E-state index contributed by atoms with van der Waals surface area (Å²) in [6.45, 7) is 1.95. The number of halogens is 2. The molecule has 7 heteroatoms. The molecule has 154 valence electrons. The summed E-state index contributed by atoms with van der Waals surface area (Å²) >= 11 is 8.36. The van der Waals surface area contributed by atoms with Crippen LogP contribution >= 0.6 is 34.2 Å². The van der Waals surface area contributed by atoms with E-state index in [1.807, 2.05) is 25.1 Å². The van der Waals surface area contributed by atoms with Crippen molar-refractivity contribution in [3.8, 4) is 5.75 Å². The number of hydrogen-bond donors (Lipinski definition) is 0. The van der Waals surface area contributed by atoms with Crippen LogP contribution in [0, 0.1) is 10.5 Å².